The molecule has 0 saturated carbocycles. The van der Waals surface area contributed by atoms with Crippen molar-refractivity contribution >= 4 is 10.5 Å². The van der Waals surface area contributed by atoms with E-state index in [0.29, 0.717) is 6.10 Å². The Balaban J connectivity index is 4.68. The standard InChI is InChI=1S/C40H84O2Si/c1-5-9-12-15-18-21-24-27-30-33-36-39(41-8-4)40(42-43,37-34-31-28-25-22-19-16-13-10-6-2)38-35-32-29-26-23-20-17-14-11-7-3/h39H,5-38H2,1-4,43H3. The van der Waals surface area contributed by atoms with Gasteiger partial charge in [0.05, 0.1) is 11.7 Å². The molecule has 0 amide bonds. The second kappa shape index (κ2) is 35.0. The van der Waals surface area contributed by atoms with Crippen molar-refractivity contribution in [3.05, 3.63) is 0 Å². The van der Waals surface area contributed by atoms with Crippen molar-refractivity contribution in [1.82, 2.24) is 0 Å². The third-order valence-electron chi connectivity index (χ3n) is 10.1. The predicted octanol–water partition coefficient (Wildman–Crippen LogP) is 13.4. The van der Waals surface area contributed by atoms with E-state index in [0.717, 1.165) is 17.1 Å². The molecule has 0 aliphatic rings. The van der Waals surface area contributed by atoms with Gasteiger partial charge in [0.25, 0.3) is 0 Å². The number of hydrogen-bond donors (Lipinski definition) is 0. The third-order valence-corrected chi connectivity index (χ3v) is 10.9. The van der Waals surface area contributed by atoms with Gasteiger partial charge in [0.1, 0.15) is 10.5 Å². The largest absolute Gasteiger partial charge is 0.420 e. The number of ether oxygens (including phenoxy) is 1. The lowest BCUT2D eigenvalue weighted by Gasteiger charge is -2.41. The Kier molecular flexibility index (Phi) is 35.1. The molecule has 0 bridgehead atoms. The maximum Gasteiger partial charge on any atom is 0.146 e. The SMILES string of the molecule is CCCCCCCCCCCCC(OCC)C(CCCCCCCCCCCC)(CCCCCCCCCCCC)O[SiH3]. The highest BCUT2D eigenvalue weighted by Gasteiger charge is 2.37. The predicted molar refractivity (Wildman–Crippen MR) is 199 cm³/mol. The number of rotatable bonds is 37. The van der Waals surface area contributed by atoms with Gasteiger partial charge < -0.3 is 9.16 Å². The van der Waals surface area contributed by atoms with Gasteiger partial charge in [-0.3, -0.25) is 0 Å². The van der Waals surface area contributed by atoms with E-state index in [1.807, 2.05) is 0 Å². The Morgan fingerprint density at radius 3 is 0.953 bits per heavy atom. The van der Waals surface area contributed by atoms with Crippen molar-refractivity contribution in [1.29, 1.82) is 0 Å². The van der Waals surface area contributed by atoms with E-state index >= 15 is 0 Å². The number of hydrogen-bond acceptors (Lipinski definition) is 2. The molecular formula is C40H84O2Si. The molecule has 0 fully saturated rings. The van der Waals surface area contributed by atoms with Crippen LogP contribution in [0.2, 0.25) is 0 Å². The second-order valence-corrected chi connectivity index (χ2v) is 14.5. The zero-order valence-electron chi connectivity index (χ0n) is 30.9. The zero-order chi connectivity index (χ0) is 31.5. The van der Waals surface area contributed by atoms with Gasteiger partial charge in [-0.15, -0.1) is 0 Å². The molecule has 0 N–H and O–H groups in total. The topological polar surface area (TPSA) is 18.5 Å². The monoisotopic (exact) mass is 625 g/mol. The van der Waals surface area contributed by atoms with E-state index in [1.165, 1.54) is 212 Å². The molecule has 0 aromatic rings. The molecule has 1 atom stereocenters. The molecule has 1 unspecified atom stereocenters. The van der Waals surface area contributed by atoms with Gasteiger partial charge in [0, 0.05) is 6.61 Å². The van der Waals surface area contributed by atoms with Gasteiger partial charge in [-0.2, -0.15) is 0 Å². The van der Waals surface area contributed by atoms with Crippen LogP contribution in [0.5, 0.6) is 0 Å². The van der Waals surface area contributed by atoms with Gasteiger partial charge in [0.15, 0.2) is 0 Å². The molecule has 0 spiro atoms. The van der Waals surface area contributed by atoms with Crippen LogP contribution in [0, 0.1) is 0 Å². The van der Waals surface area contributed by atoms with Gasteiger partial charge in [-0.05, 0) is 26.2 Å². The first-order chi connectivity index (χ1) is 21.2. The first kappa shape index (κ1) is 43.1. The number of unbranched alkanes of at least 4 members (excludes halogenated alkanes) is 27. The summed E-state index contributed by atoms with van der Waals surface area (Å²) in [6.45, 7) is 9.96. The lowest BCUT2D eigenvalue weighted by molar-refractivity contribution is -0.102. The van der Waals surface area contributed by atoms with Crippen molar-refractivity contribution in [3.63, 3.8) is 0 Å². The Hall–Kier alpha value is 0.137. The lowest BCUT2D eigenvalue weighted by Crippen LogP contribution is -2.46. The van der Waals surface area contributed by atoms with E-state index < -0.39 is 0 Å². The van der Waals surface area contributed by atoms with E-state index in [2.05, 4.69) is 27.7 Å². The summed E-state index contributed by atoms with van der Waals surface area (Å²) in [5.74, 6) is 0. The molecule has 43 heavy (non-hydrogen) atoms. The Labute approximate surface area is 276 Å². The highest BCUT2D eigenvalue weighted by molar-refractivity contribution is 5.98. The summed E-state index contributed by atoms with van der Waals surface area (Å²) in [5, 5.41) is 0. The van der Waals surface area contributed by atoms with Crippen molar-refractivity contribution < 1.29 is 9.16 Å². The molecule has 0 aliphatic heterocycles. The van der Waals surface area contributed by atoms with Crippen LogP contribution in [0.25, 0.3) is 0 Å². The smallest absolute Gasteiger partial charge is 0.146 e. The summed E-state index contributed by atoms with van der Waals surface area (Å²) in [6, 6.07) is 0. The normalized spacial score (nSPS) is 12.8. The van der Waals surface area contributed by atoms with Gasteiger partial charge in [-0.25, -0.2) is 0 Å². The first-order valence-corrected chi connectivity index (χ1v) is 21.2. The summed E-state index contributed by atoms with van der Waals surface area (Å²) in [4.78, 5) is 0. The van der Waals surface area contributed by atoms with Crippen LogP contribution in [0.1, 0.15) is 240 Å². The molecule has 0 aliphatic carbocycles. The minimum absolute atomic E-state index is 0.0260. The molecular weight excluding hydrogens is 541 g/mol. The van der Waals surface area contributed by atoms with Crippen molar-refractivity contribution in [3.8, 4) is 0 Å². The minimum atomic E-state index is -0.0260. The van der Waals surface area contributed by atoms with Crippen LogP contribution in [0.15, 0.2) is 0 Å². The summed E-state index contributed by atoms with van der Waals surface area (Å²) in [7, 11) is 0.824. The fourth-order valence-electron chi connectivity index (χ4n) is 7.12. The van der Waals surface area contributed by atoms with Crippen LogP contribution in [0.4, 0.5) is 0 Å². The lowest BCUT2D eigenvalue weighted by atomic mass is 9.82. The van der Waals surface area contributed by atoms with E-state index in [-0.39, 0.29) is 5.60 Å². The van der Waals surface area contributed by atoms with Gasteiger partial charge >= 0.3 is 0 Å². The van der Waals surface area contributed by atoms with Gasteiger partial charge in [0.2, 0.25) is 0 Å². The van der Waals surface area contributed by atoms with E-state index in [4.69, 9.17) is 9.16 Å². The highest BCUT2D eigenvalue weighted by atomic mass is 28.2. The van der Waals surface area contributed by atoms with E-state index in [9.17, 15) is 0 Å². The molecule has 0 saturated heterocycles. The van der Waals surface area contributed by atoms with Crippen LogP contribution in [-0.2, 0) is 9.16 Å². The molecule has 2 nitrogen and oxygen atoms in total. The Morgan fingerprint density at radius 1 is 0.395 bits per heavy atom. The maximum absolute atomic E-state index is 6.67. The summed E-state index contributed by atoms with van der Waals surface area (Å²) >= 11 is 0. The summed E-state index contributed by atoms with van der Waals surface area (Å²) < 4.78 is 13.2. The first-order valence-electron chi connectivity index (χ1n) is 20.4. The fourth-order valence-corrected chi connectivity index (χ4v) is 7.79. The van der Waals surface area contributed by atoms with Crippen LogP contribution in [0.3, 0.4) is 0 Å². The molecule has 0 radical (unpaired) electrons. The average molecular weight is 625 g/mol. The van der Waals surface area contributed by atoms with Crippen LogP contribution in [-0.4, -0.2) is 28.8 Å². The second-order valence-electron chi connectivity index (χ2n) is 14.0. The van der Waals surface area contributed by atoms with Gasteiger partial charge in [-0.1, -0.05) is 213 Å². The molecule has 0 rings (SSSR count). The Bertz CT molecular complexity index is 487. The molecule has 0 aromatic heterocycles. The quantitative estimate of drug-likeness (QED) is 0.0505. The maximum atomic E-state index is 6.67. The highest BCUT2D eigenvalue weighted by Crippen LogP contribution is 2.34. The molecule has 0 aromatic carbocycles. The van der Waals surface area contributed by atoms with Crippen molar-refractivity contribution in [2.24, 2.45) is 0 Å². The van der Waals surface area contributed by atoms with Crippen molar-refractivity contribution in [2.45, 2.75) is 251 Å². The third kappa shape index (κ3) is 27.0. The van der Waals surface area contributed by atoms with Crippen molar-refractivity contribution in [2.75, 3.05) is 6.61 Å². The molecule has 3 heteroatoms. The zero-order valence-corrected chi connectivity index (χ0v) is 32.9. The summed E-state index contributed by atoms with van der Waals surface area (Å²) in [5.41, 5.74) is -0.0260. The average Bonchev–Trinajstić information content (AvgIpc) is 3.02. The van der Waals surface area contributed by atoms with Crippen LogP contribution >= 0.6 is 0 Å². The molecule has 0 heterocycles. The molecule has 260 valence electrons. The van der Waals surface area contributed by atoms with E-state index in [1.54, 1.807) is 0 Å². The fraction of sp³-hybridized carbons (Fsp3) is 1.00. The Morgan fingerprint density at radius 2 is 0.674 bits per heavy atom. The minimum Gasteiger partial charge on any atom is -0.420 e. The van der Waals surface area contributed by atoms with Crippen LogP contribution < -0.4 is 0 Å². The summed E-state index contributed by atoms with van der Waals surface area (Å²) in [6.07, 6.45) is 46.0.